The fourth-order valence-electron chi connectivity index (χ4n) is 1.67. The first-order valence-corrected chi connectivity index (χ1v) is 7.15. The van der Waals surface area contributed by atoms with Crippen molar-refractivity contribution in [3.8, 4) is 0 Å². The number of hydrogen-bond acceptors (Lipinski definition) is 3. The third kappa shape index (κ3) is 7.67. The van der Waals surface area contributed by atoms with Crippen LogP contribution in [-0.2, 0) is 4.79 Å². The maximum absolute atomic E-state index is 11.7. The van der Waals surface area contributed by atoms with Gasteiger partial charge in [-0.25, -0.2) is 0 Å². The van der Waals surface area contributed by atoms with Gasteiger partial charge in [-0.2, -0.15) is 0 Å². The lowest BCUT2D eigenvalue weighted by Crippen LogP contribution is -2.46. The molecule has 0 aliphatic rings. The molecular formula is C14H31N3O. The second-order valence-electron chi connectivity index (χ2n) is 5.37. The molecule has 4 heteroatoms. The van der Waals surface area contributed by atoms with Crippen LogP contribution in [0.2, 0.25) is 0 Å². The predicted molar refractivity (Wildman–Crippen MR) is 77.7 cm³/mol. The van der Waals surface area contributed by atoms with Gasteiger partial charge in [0.1, 0.15) is 0 Å². The van der Waals surface area contributed by atoms with E-state index in [4.69, 9.17) is 0 Å². The van der Waals surface area contributed by atoms with Gasteiger partial charge in [-0.3, -0.25) is 4.79 Å². The normalized spacial score (nSPS) is 14.9. The van der Waals surface area contributed by atoms with Gasteiger partial charge in [0.05, 0.1) is 6.54 Å². The lowest BCUT2D eigenvalue weighted by atomic mass is 10.1. The monoisotopic (exact) mass is 257 g/mol. The Bertz CT molecular complexity index is 227. The summed E-state index contributed by atoms with van der Waals surface area (Å²) in [5.41, 5.74) is 0. The van der Waals surface area contributed by atoms with Crippen molar-refractivity contribution in [2.24, 2.45) is 5.92 Å². The van der Waals surface area contributed by atoms with Crippen molar-refractivity contribution in [2.75, 3.05) is 26.2 Å². The summed E-state index contributed by atoms with van der Waals surface area (Å²) in [7, 11) is 0. The van der Waals surface area contributed by atoms with Crippen LogP contribution in [-0.4, -0.2) is 49.1 Å². The van der Waals surface area contributed by atoms with Crippen LogP contribution in [0.15, 0.2) is 0 Å². The van der Waals surface area contributed by atoms with E-state index in [1.165, 1.54) is 0 Å². The maximum Gasteiger partial charge on any atom is 0.234 e. The zero-order valence-corrected chi connectivity index (χ0v) is 12.9. The molecule has 0 spiro atoms. The maximum atomic E-state index is 11.7. The molecule has 108 valence electrons. The van der Waals surface area contributed by atoms with E-state index >= 15 is 0 Å². The van der Waals surface area contributed by atoms with Gasteiger partial charge in [0.2, 0.25) is 5.91 Å². The van der Waals surface area contributed by atoms with Gasteiger partial charge in [0.25, 0.3) is 0 Å². The van der Waals surface area contributed by atoms with E-state index in [0.717, 1.165) is 19.6 Å². The van der Waals surface area contributed by atoms with Crippen LogP contribution in [0.5, 0.6) is 0 Å². The van der Waals surface area contributed by atoms with E-state index in [9.17, 15) is 4.79 Å². The largest absolute Gasteiger partial charge is 0.352 e. The summed E-state index contributed by atoms with van der Waals surface area (Å²) in [6.07, 6.45) is 0. The number of rotatable bonds is 9. The fraction of sp³-hybridized carbons (Fsp3) is 0.929. The van der Waals surface area contributed by atoms with Gasteiger partial charge in [-0.15, -0.1) is 0 Å². The van der Waals surface area contributed by atoms with E-state index in [1.807, 2.05) is 6.92 Å². The second-order valence-corrected chi connectivity index (χ2v) is 5.37. The molecule has 0 saturated heterocycles. The van der Waals surface area contributed by atoms with Crippen molar-refractivity contribution in [1.29, 1.82) is 0 Å². The number of nitrogens with one attached hydrogen (secondary N) is 2. The van der Waals surface area contributed by atoms with Gasteiger partial charge < -0.3 is 15.5 Å². The SMILES string of the molecule is CCN(CC)CC(C)NCC(=O)NC(C)C(C)C. The van der Waals surface area contributed by atoms with Crippen molar-refractivity contribution in [1.82, 2.24) is 15.5 Å². The summed E-state index contributed by atoms with van der Waals surface area (Å²) >= 11 is 0. The molecular weight excluding hydrogens is 226 g/mol. The molecule has 0 saturated carbocycles. The minimum absolute atomic E-state index is 0.0857. The summed E-state index contributed by atoms with van der Waals surface area (Å²) < 4.78 is 0. The average Bonchev–Trinajstić information content (AvgIpc) is 2.33. The Labute approximate surface area is 113 Å². The molecule has 0 aliphatic carbocycles. The molecule has 0 aromatic carbocycles. The highest BCUT2D eigenvalue weighted by atomic mass is 16.1. The molecule has 2 unspecified atom stereocenters. The molecule has 0 aliphatic heterocycles. The van der Waals surface area contributed by atoms with Gasteiger partial charge in [0, 0.05) is 18.6 Å². The number of nitrogens with zero attached hydrogens (tertiary/aromatic N) is 1. The van der Waals surface area contributed by atoms with Crippen molar-refractivity contribution >= 4 is 5.91 Å². The second kappa shape index (κ2) is 9.34. The molecule has 0 rings (SSSR count). The predicted octanol–water partition coefficient (Wildman–Crippen LogP) is 1.47. The lowest BCUT2D eigenvalue weighted by molar-refractivity contribution is -0.121. The molecule has 1 amide bonds. The van der Waals surface area contributed by atoms with Crippen LogP contribution in [0.3, 0.4) is 0 Å². The molecule has 18 heavy (non-hydrogen) atoms. The summed E-state index contributed by atoms with van der Waals surface area (Å²) in [5, 5.41) is 6.27. The first-order valence-electron chi connectivity index (χ1n) is 7.15. The third-order valence-electron chi connectivity index (χ3n) is 3.43. The van der Waals surface area contributed by atoms with E-state index in [0.29, 0.717) is 18.5 Å². The number of amides is 1. The van der Waals surface area contributed by atoms with Crippen molar-refractivity contribution in [3.63, 3.8) is 0 Å². The van der Waals surface area contributed by atoms with Crippen LogP contribution in [0.4, 0.5) is 0 Å². The molecule has 0 heterocycles. The Hall–Kier alpha value is -0.610. The van der Waals surface area contributed by atoms with Crippen molar-refractivity contribution in [2.45, 2.75) is 53.6 Å². The minimum Gasteiger partial charge on any atom is -0.352 e. The van der Waals surface area contributed by atoms with E-state index < -0.39 is 0 Å². The summed E-state index contributed by atoms with van der Waals surface area (Å²) in [6.45, 7) is 16.2. The van der Waals surface area contributed by atoms with Crippen LogP contribution < -0.4 is 10.6 Å². The minimum atomic E-state index is 0.0857. The lowest BCUT2D eigenvalue weighted by Gasteiger charge is -2.24. The molecule has 2 atom stereocenters. The van der Waals surface area contributed by atoms with Gasteiger partial charge in [0.15, 0.2) is 0 Å². The zero-order chi connectivity index (χ0) is 14.1. The smallest absolute Gasteiger partial charge is 0.234 e. The highest BCUT2D eigenvalue weighted by Gasteiger charge is 2.12. The van der Waals surface area contributed by atoms with Crippen LogP contribution in [0, 0.1) is 5.92 Å². The van der Waals surface area contributed by atoms with Gasteiger partial charge in [-0.1, -0.05) is 27.7 Å². The number of carbonyl (C=O) groups is 1. The van der Waals surface area contributed by atoms with Gasteiger partial charge in [-0.05, 0) is 32.9 Å². The van der Waals surface area contributed by atoms with Crippen LogP contribution in [0.25, 0.3) is 0 Å². The molecule has 0 bridgehead atoms. The van der Waals surface area contributed by atoms with Crippen LogP contribution >= 0.6 is 0 Å². The molecule has 4 nitrogen and oxygen atoms in total. The number of carbonyl (C=O) groups excluding carboxylic acids is 1. The third-order valence-corrected chi connectivity index (χ3v) is 3.43. The first kappa shape index (κ1) is 17.4. The molecule has 0 radical (unpaired) electrons. The summed E-state index contributed by atoms with van der Waals surface area (Å²) in [5.74, 6) is 0.560. The molecule has 0 aromatic rings. The number of hydrogen-bond donors (Lipinski definition) is 2. The quantitative estimate of drug-likeness (QED) is 0.657. The van der Waals surface area contributed by atoms with Crippen LogP contribution in [0.1, 0.15) is 41.5 Å². The fourth-order valence-corrected chi connectivity index (χ4v) is 1.67. The highest BCUT2D eigenvalue weighted by molar-refractivity contribution is 5.78. The zero-order valence-electron chi connectivity index (χ0n) is 12.9. The van der Waals surface area contributed by atoms with Crippen molar-refractivity contribution in [3.05, 3.63) is 0 Å². The average molecular weight is 257 g/mol. The number of likely N-dealkylation sites (N-methyl/N-ethyl adjacent to an activating group) is 1. The first-order chi connectivity index (χ1) is 8.40. The van der Waals surface area contributed by atoms with E-state index in [1.54, 1.807) is 0 Å². The molecule has 0 fully saturated rings. The topological polar surface area (TPSA) is 44.4 Å². The molecule has 0 aromatic heterocycles. The summed E-state index contributed by atoms with van der Waals surface area (Å²) in [6, 6.07) is 0.572. The Balaban J connectivity index is 3.84. The Morgan fingerprint density at radius 3 is 2.11 bits per heavy atom. The Kier molecular flexibility index (Phi) is 9.02. The Morgan fingerprint density at radius 1 is 1.11 bits per heavy atom. The van der Waals surface area contributed by atoms with Gasteiger partial charge >= 0.3 is 0 Å². The Morgan fingerprint density at radius 2 is 1.67 bits per heavy atom. The highest BCUT2D eigenvalue weighted by Crippen LogP contribution is 1.99. The van der Waals surface area contributed by atoms with E-state index in [2.05, 4.69) is 50.2 Å². The molecule has 2 N–H and O–H groups in total. The standard InChI is InChI=1S/C14H31N3O/c1-7-17(8-2)10-12(5)15-9-14(18)16-13(6)11(3)4/h11-13,15H,7-10H2,1-6H3,(H,16,18). The summed E-state index contributed by atoms with van der Waals surface area (Å²) in [4.78, 5) is 14.1. The van der Waals surface area contributed by atoms with E-state index in [-0.39, 0.29) is 11.9 Å². The van der Waals surface area contributed by atoms with Crippen molar-refractivity contribution < 1.29 is 4.79 Å².